The maximum absolute atomic E-state index is 5.62. The molecule has 0 aromatic heterocycles. The van der Waals surface area contributed by atoms with Crippen LogP contribution in [0.5, 0.6) is 0 Å². The van der Waals surface area contributed by atoms with Crippen LogP contribution in [-0.2, 0) is 5.54 Å². The van der Waals surface area contributed by atoms with Crippen molar-refractivity contribution in [3.05, 3.63) is 63.6 Å². The highest BCUT2D eigenvalue weighted by atomic mass is 79.9. The molecule has 0 aliphatic heterocycles. The molecule has 1 aliphatic rings. The van der Waals surface area contributed by atoms with Gasteiger partial charge in [-0.2, -0.15) is 0 Å². The normalized spacial score (nSPS) is 16.0. The first-order valence-electron chi connectivity index (χ1n) is 8.41. The van der Waals surface area contributed by atoms with E-state index < -0.39 is 0 Å². The highest BCUT2D eigenvalue weighted by molar-refractivity contribution is 9.10. The van der Waals surface area contributed by atoms with Gasteiger partial charge in [0.25, 0.3) is 0 Å². The van der Waals surface area contributed by atoms with Crippen molar-refractivity contribution in [3.63, 3.8) is 0 Å². The van der Waals surface area contributed by atoms with E-state index in [0.29, 0.717) is 5.11 Å². The summed E-state index contributed by atoms with van der Waals surface area (Å²) in [7, 11) is 0. The Kier molecular flexibility index (Phi) is 5.26. The van der Waals surface area contributed by atoms with Crippen molar-refractivity contribution in [2.24, 2.45) is 0 Å². The van der Waals surface area contributed by atoms with Gasteiger partial charge in [-0.3, -0.25) is 0 Å². The summed E-state index contributed by atoms with van der Waals surface area (Å²) in [6.07, 6.45) is 4.72. The minimum atomic E-state index is -0.0412. The van der Waals surface area contributed by atoms with Crippen molar-refractivity contribution in [2.75, 3.05) is 5.32 Å². The van der Waals surface area contributed by atoms with Crippen LogP contribution < -0.4 is 10.6 Å². The van der Waals surface area contributed by atoms with E-state index in [0.717, 1.165) is 23.0 Å². The first kappa shape index (κ1) is 17.4. The lowest BCUT2D eigenvalue weighted by Crippen LogP contribution is -2.45. The van der Waals surface area contributed by atoms with E-state index in [2.05, 4.69) is 70.7 Å². The van der Waals surface area contributed by atoms with E-state index >= 15 is 0 Å². The molecule has 2 N–H and O–H groups in total. The fourth-order valence-electron chi connectivity index (χ4n) is 3.51. The van der Waals surface area contributed by atoms with Gasteiger partial charge < -0.3 is 10.6 Å². The number of thiocarbonyl (C=S) groups is 1. The third-order valence-corrected chi connectivity index (χ3v) is 5.89. The number of benzene rings is 2. The molecule has 0 saturated heterocycles. The molecule has 1 aliphatic carbocycles. The summed E-state index contributed by atoms with van der Waals surface area (Å²) in [6, 6.07) is 15.0. The summed E-state index contributed by atoms with van der Waals surface area (Å²) in [6.45, 7) is 4.23. The van der Waals surface area contributed by atoms with Gasteiger partial charge in [-0.25, -0.2) is 0 Å². The second-order valence-corrected chi connectivity index (χ2v) is 7.96. The lowest BCUT2D eigenvalue weighted by molar-refractivity contribution is 0.408. The predicted octanol–water partition coefficient (Wildman–Crippen LogP) is 5.82. The van der Waals surface area contributed by atoms with Crippen LogP contribution in [0, 0.1) is 13.8 Å². The van der Waals surface area contributed by atoms with Gasteiger partial charge in [-0.15, -0.1) is 0 Å². The van der Waals surface area contributed by atoms with Crippen molar-refractivity contribution in [1.29, 1.82) is 0 Å². The molecule has 0 heterocycles. The molecule has 0 bridgehead atoms. The van der Waals surface area contributed by atoms with Crippen LogP contribution in [-0.4, -0.2) is 5.11 Å². The Balaban J connectivity index is 1.78. The van der Waals surface area contributed by atoms with Crippen LogP contribution >= 0.6 is 28.1 Å². The Bertz CT molecular complexity index is 751. The average Bonchev–Trinajstić information content (AvgIpc) is 3.00. The number of hydrogen-bond donors (Lipinski definition) is 2. The molecule has 24 heavy (non-hydrogen) atoms. The smallest absolute Gasteiger partial charge is 0.171 e. The van der Waals surface area contributed by atoms with E-state index in [9.17, 15) is 0 Å². The van der Waals surface area contributed by atoms with E-state index in [-0.39, 0.29) is 5.54 Å². The fraction of sp³-hybridized carbons (Fsp3) is 0.350. The van der Waals surface area contributed by atoms with Crippen molar-refractivity contribution in [2.45, 2.75) is 45.1 Å². The Labute approximate surface area is 158 Å². The molecule has 2 nitrogen and oxygen atoms in total. The van der Waals surface area contributed by atoms with Crippen LogP contribution in [0.2, 0.25) is 0 Å². The lowest BCUT2D eigenvalue weighted by Gasteiger charge is -2.33. The molecule has 1 saturated carbocycles. The zero-order valence-corrected chi connectivity index (χ0v) is 16.6. The third-order valence-electron chi connectivity index (χ3n) is 4.80. The van der Waals surface area contributed by atoms with Crippen molar-refractivity contribution in [1.82, 2.24) is 5.32 Å². The molecule has 0 amide bonds. The predicted molar refractivity (Wildman–Crippen MR) is 110 cm³/mol. The molecular weight excluding hydrogens is 380 g/mol. The molecule has 0 spiro atoms. The first-order chi connectivity index (χ1) is 11.5. The zero-order chi connectivity index (χ0) is 17.2. The molecule has 4 heteroatoms. The molecule has 2 aromatic rings. The van der Waals surface area contributed by atoms with Crippen LogP contribution in [0.15, 0.2) is 46.9 Å². The molecule has 0 unspecified atom stereocenters. The Hall–Kier alpha value is -1.39. The van der Waals surface area contributed by atoms with Crippen LogP contribution in [0.25, 0.3) is 0 Å². The number of aryl methyl sites for hydroxylation is 2. The SMILES string of the molecule is Cc1cccc(C2(NC(=S)Nc3ccc(Br)c(C)c3)CCCC2)c1. The molecule has 2 aromatic carbocycles. The van der Waals surface area contributed by atoms with Crippen molar-refractivity contribution in [3.8, 4) is 0 Å². The Morgan fingerprint density at radius 2 is 1.83 bits per heavy atom. The average molecular weight is 403 g/mol. The third kappa shape index (κ3) is 3.81. The summed E-state index contributed by atoms with van der Waals surface area (Å²) in [5.74, 6) is 0. The summed E-state index contributed by atoms with van der Waals surface area (Å²) in [5.41, 5.74) is 4.81. The molecule has 3 rings (SSSR count). The number of hydrogen-bond acceptors (Lipinski definition) is 1. The summed E-state index contributed by atoms with van der Waals surface area (Å²) >= 11 is 9.16. The Morgan fingerprint density at radius 3 is 2.50 bits per heavy atom. The zero-order valence-electron chi connectivity index (χ0n) is 14.2. The number of nitrogens with one attached hydrogen (secondary N) is 2. The minimum absolute atomic E-state index is 0.0412. The van der Waals surface area contributed by atoms with E-state index in [1.165, 1.54) is 29.5 Å². The van der Waals surface area contributed by atoms with E-state index in [1.54, 1.807) is 0 Å². The minimum Gasteiger partial charge on any atom is -0.353 e. The number of anilines is 1. The largest absolute Gasteiger partial charge is 0.353 e. The van der Waals surface area contributed by atoms with Crippen LogP contribution in [0.4, 0.5) is 5.69 Å². The number of rotatable bonds is 3. The molecule has 0 atom stereocenters. The van der Waals surface area contributed by atoms with Gasteiger partial charge in [0.1, 0.15) is 0 Å². The topological polar surface area (TPSA) is 24.1 Å². The summed E-state index contributed by atoms with van der Waals surface area (Å²) < 4.78 is 1.11. The first-order valence-corrected chi connectivity index (χ1v) is 9.61. The molecule has 0 radical (unpaired) electrons. The quantitative estimate of drug-likeness (QED) is 0.632. The summed E-state index contributed by atoms with van der Waals surface area (Å²) in [4.78, 5) is 0. The van der Waals surface area contributed by atoms with E-state index in [4.69, 9.17) is 12.2 Å². The van der Waals surface area contributed by atoms with E-state index in [1.807, 2.05) is 12.1 Å². The van der Waals surface area contributed by atoms with Crippen LogP contribution in [0.3, 0.4) is 0 Å². The van der Waals surface area contributed by atoms with Crippen molar-refractivity contribution >= 4 is 38.9 Å². The van der Waals surface area contributed by atoms with Crippen LogP contribution in [0.1, 0.15) is 42.4 Å². The number of halogens is 1. The van der Waals surface area contributed by atoms with Gasteiger partial charge in [0, 0.05) is 10.2 Å². The maximum atomic E-state index is 5.62. The second-order valence-electron chi connectivity index (χ2n) is 6.70. The highest BCUT2D eigenvalue weighted by Gasteiger charge is 2.36. The molecule has 1 fully saturated rings. The van der Waals surface area contributed by atoms with Gasteiger partial charge in [-0.05, 0) is 68.2 Å². The van der Waals surface area contributed by atoms with Gasteiger partial charge in [-0.1, -0.05) is 58.6 Å². The highest BCUT2D eigenvalue weighted by Crippen LogP contribution is 2.39. The fourth-order valence-corrected chi connectivity index (χ4v) is 4.07. The standard InChI is InChI=1S/C20H23BrN2S/c1-14-6-5-7-16(12-14)20(10-3-4-11-20)23-19(24)22-17-8-9-18(21)15(2)13-17/h5-9,12-13H,3-4,10-11H2,1-2H3,(H2,22,23,24). The van der Waals surface area contributed by atoms with Gasteiger partial charge in [0.15, 0.2) is 5.11 Å². The van der Waals surface area contributed by atoms with Gasteiger partial charge in [0.2, 0.25) is 0 Å². The van der Waals surface area contributed by atoms with Gasteiger partial charge in [0.05, 0.1) is 5.54 Å². The maximum Gasteiger partial charge on any atom is 0.171 e. The lowest BCUT2D eigenvalue weighted by atomic mass is 9.87. The molecular formula is C20H23BrN2S. The monoisotopic (exact) mass is 402 g/mol. The summed E-state index contributed by atoms with van der Waals surface area (Å²) in [5, 5.41) is 7.67. The Morgan fingerprint density at radius 1 is 1.08 bits per heavy atom. The van der Waals surface area contributed by atoms with Crippen molar-refractivity contribution < 1.29 is 0 Å². The second kappa shape index (κ2) is 7.24. The molecule has 126 valence electrons. The van der Waals surface area contributed by atoms with Gasteiger partial charge >= 0.3 is 0 Å².